The summed E-state index contributed by atoms with van der Waals surface area (Å²) in [6.07, 6.45) is 4.29. The van der Waals surface area contributed by atoms with Crippen molar-refractivity contribution in [2.75, 3.05) is 27.2 Å². The Hall–Kier alpha value is -1.99. The number of hydrogen-bond acceptors (Lipinski definition) is 5. The van der Waals surface area contributed by atoms with Crippen LogP contribution in [0.3, 0.4) is 0 Å². The van der Waals surface area contributed by atoms with E-state index in [1.165, 1.54) is 25.0 Å². The van der Waals surface area contributed by atoms with Crippen molar-refractivity contribution >= 4 is 0 Å². The standard InChI is InChI=1S/C20H28FN5/c1-24-20(17(13-22)14-23)25(2)12-10-19-5-3-4-11-26(19)15-16-6-8-18(21)9-7-16/h6-9,17,19-20,24H,3-5,10-12,15H2,1-2H3. The largest absolute Gasteiger partial charge is 0.303 e. The Morgan fingerprint density at radius 1 is 1.27 bits per heavy atom. The highest BCUT2D eigenvalue weighted by molar-refractivity contribution is 5.16. The second kappa shape index (κ2) is 10.2. The van der Waals surface area contributed by atoms with Crippen LogP contribution in [0.5, 0.6) is 0 Å². The first-order chi connectivity index (χ1) is 12.6. The average molecular weight is 357 g/mol. The molecule has 0 saturated carbocycles. The molecule has 1 aromatic carbocycles. The minimum Gasteiger partial charge on any atom is -0.303 e. The van der Waals surface area contributed by atoms with Crippen LogP contribution < -0.4 is 5.32 Å². The van der Waals surface area contributed by atoms with Crippen LogP contribution in [-0.2, 0) is 6.54 Å². The first-order valence-electron chi connectivity index (χ1n) is 9.24. The monoisotopic (exact) mass is 357 g/mol. The molecule has 5 nitrogen and oxygen atoms in total. The second-order valence-corrected chi connectivity index (χ2v) is 6.99. The molecule has 26 heavy (non-hydrogen) atoms. The molecular formula is C20H28FN5. The highest BCUT2D eigenvalue weighted by atomic mass is 19.1. The van der Waals surface area contributed by atoms with Crippen LogP contribution in [0.15, 0.2) is 24.3 Å². The average Bonchev–Trinajstić information content (AvgIpc) is 2.66. The molecule has 1 heterocycles. The minimum atomic E-state index is -0.688. The summed E-state index contributed by atoms with van der Waals surface area (Å²) < 4.78 is 13.1. The third kappa shape index (κ3) is 5.51. The van der Waals surface area contributed by atoms with Gasteiger partial charge in [-0.25, -0.2) is 4.39 Å². The Balaban J connectivity index is 1.94. The SMILES string of the molecule is CNC(C(C#N)C#N)N(C)CCC1CCCCN1Cc1ccc(F)cc1. The number of rotatable bonds is 8. The quantitative estimate of drug-likeness (QED) is 0.725. The highest BCUT2D eigenvalue weighted by Gasteiger charge is 2.26. The lowest BCUT2D eigenvalue weighted by Gasteiger charge is -2.37. The molecule has 1 aromatic rings. The van der Waals surface area contributed by atoms with Crippen LogP contribution in [0.2, 0.25) is 0 Å². The Bertz CT molecular complexity index is 619. The van der Waals surface area contributed by atoms with E-state index < -0.39 is 5.92 Å². The third-order valence-electron chi connectivity index (χ3n) is 5.23. The van der Waals surface area contributed by atoms with Crippen molar-refractivity contribution in [3.63, 3.8) is 0 Å². The van der Waals surface area contributed by atoms with Gasteiger partial charge in [-0.1, -0.05) is 18.6 Å². The number of hydrogen-bond donors (Lipinski definition) is 1. The first-order valence-corrected chi connectivity index (χ1v) is 9.24. The predicted octanol–water partition coefficient (Wildman–Crippen LogP) is 2.71. The van der Waals surface area contributed by atoms with E-state index in [1.807, 2.05) is 19.2 Å². The van der Waals surface area contributed by atoms with Crippen LogP contribution in [0.1, 0.15) is 31.2 Å². The van der Waals surface area contributed by atoms with E-state index in [4.69, 9.17) is 10.5 Å². The van der Waals surface area contributed by atoms with Crippen molar-refractivity contribution in [2.45, 2.75) is 44.4 Å². The molecular weight excluding hydrogens is 329 g/mol. The van der Waals surface area contributed by atoms with Crippen molar-refractivity contribution in [1.82, 2.24) is 15.1 Å². The van der Waals surface area contributed by atoms with Gasteiger partial charge in [-0.2, -0.15) is 10.5 Å². The highest BCUT2D eigenvalue weighted by Crippen LogP contribution is 2.23. The van der Waals surface area contributed by atoms with Gasteiger partial charge >= 0.3 is 0 Å². The summed E-state index contributed by atoms with van der Waals surface area (Å²) in [5, 5.41) is 21.4. The molecule has 0 aromatic heterocycles. The molecule has 6 heteroatoms. The van der Waals surface area contributed by atoms with Crippen molar-refractivity contribution in [3.05, 3.63) is 35.6 Å². The zero-order valence-corrected chi connectivity index (χ0v) is 15.7. The number of halogens is 1. The lowest BCUT2D eigenvalue weighted by atomic mass is 9.98. The molecule has 0 amide bonds. The fraction of sp³-hybridized carbons (Fsp3) is 0.600. The molecule has 1 aliphatic heterocycles. The molecule has 2 atom stereocenters. The zero-order valence-electron chi connectivity index (χ0n) is 15.7. The van der Waals surface area contributed by atoms with Crippen LogP contribution in [-0.4, -0.2) is 49.2 Å². The van der Waals surface area contributed by atoms with Gasteiger partial charge in [0.2, 0.25) is 0 Å². The second-order valence-electron chi connectivity index (χ2n) is 6.99. The van der Waals surface area contributed by atoms with E-state index in [2.05, 4.69) is 27.3 Å². The number of nitriles is 2. The molecule has 1 aliphatic rings. The summed E-state index contributed by atoms with van der Waals surface area (Å²) in [5.74, 6) is -0.889. The molecule has 2 rings (SSSR count). The zero-order chi connectivity index (χ0) is 18.9. The predicted molar refractivity (Wildman–Crippen MR) is 99.3 cm³/mol. The first kappa shape index (κ1) is 20.3. The summed E-state index contributed by atoms with van der Waals surface area (Å²) in [7, 11) is 3.74. The minimum absolute atomic E-state index is 0.201. The molecule has 2 unspecified atom stereocenters. The smallest absolute Gasteiger partial charge is 0.161 e. The molecule has 0 spiro atoms. The summed E-state index contributed by atoms with van der Waals surface area (Å²) in [6, 6.07) is 11.3. The van der Waals surface area contributed by atoms with Gasteiger partial charge in [0, 0.05) is 19.1 Å². The lowest BCUT2D eigenvalue weighted by Crippen LogP contribution is -2.48. The van der Waals surface area contributed by atoms with Crippen LogP contribution in [0.25, 0.3) is 0 Å². The van der Waals surface area contributed by atoms with E-state index >= 15 is 0 Å². The molecule has 1 fully saturated rings. The number of nitrogens with one attached hydrogen (secondary N) is 1. The van der Waals surface area contributed by atoms with Gasteiger partial charge < -0.3 is 5.32 Å². The number of benzene rings is 1. The molecule has 0 aliphatic carbocycles. The fourth-order valence-corrected chi connectivity index (χ4v) is 3.72. The van der Waals surface area contributed by atoms with E-state index in [0.29, 0.717) is 6.04 Å². The van der Waals surface area contributed by atoms with Crippen molar-refractivity contribution in [2.24, 2.45) is 5.92 Å². The molecule has 0 bridgehead atoms. The summed E-state index contributed by atoms with van der Waals surface area (Å²) in [4.78, 5) is 4.53. The normalized spacial score (nSPS) is 19.3. The third-order valence-corrected chi connectivity index (χ3v) is 5.23. The lowest BCUT2D eigenvalue weighted by molar-refractivity contribution is 0.108. The number of likely N-dealkylation sites (tertiary alicyclic amines) is 1. The number of nitrogens with zero attached hydrogens (tertiary/aromatic N) is 4. The van der Waals surface area contributed by atoms with E-state index in [-0.39, 0.29) is 12.0 Å². The van der Waals surface area contributed by atoms with E-state index in [9.17, 15) is 4.39 Å². The molecule has 1 saturated heterocycles. The van der Waals surface area contributed by atoms with E-state index in [1.54, 1.807) is 7.05 Å². The van der Waals surface area contributed by atoms with Crippen LogP contribution in [0.4, 0.5) is 4.39 Å². The number of piperidine rings is 1. The fourth-order valence-electron chi connectivity index (χ4n) is 3.72. The van der Waals surface area contributed by atoms with Gasteiger partial charge in [0.1, 0.15) is 5.82 Å². The molecule has 0 radical (unpaired) electrons. The summed E-state index contributed by atoms with van der Waals surface area (Å²) in [5.41, 5.74) is 1.13. The molecule has 140 valence electrons. The van der Waals surface area contributed by atoms with Crippen molar-refractivity contribution < 1.29 is 4.39 Å². The van der Waals surface area contributed by atoms with Gasteiger partial charge in [0.25, 0.3) is 0 Å². The maximum absolute atomic E-state index is 13.1. The van der Waals surface area contributed by atoms with Gasteiger partial charge in [-0.3, -0.25) is 9.80 Å². The van der Waals surface area contributed by atoms with Crippen LogP contribution >= 0.6 is 0 Å². The van der Waals surface area contributed by atoms with Gasteiger partial charge in [-0.05, 0) is 57.6 Å². The topological polar surface area (TPSA) is 66.1 Å². The van der Waals surface area contributed by atoms with Gasteiger partial charge in [0.05, 0.1) is 18.3 Å². The van der Waals surface area contributed by atoms with E-state index in [0.717, 1.165) is 38.0 Å². The van der Waals surface area contributed by atoms with Crippen molar-refractivity contribution in [1.29, 1.82) is 10.5 Å². The Morgan fingerprint density at radius 2 is 1.96 bits per heavy atom. The maximum atomic E-state index is 13.1. The summed E-state index contributed by atoms with van der Waals surface area (Å²) in [6.45, 7) is 2.71. The Morgan fingerprint density at radius 3 is 2.58 bits per heavy atom. The summed E-state index contributed by atoms with van der Waals surface area (Å²) >= 11 is 0. The maximum Gasteiger partial charge on any atom is 0.161 e. The Kier molecular flexibility index (Phi) is 8.00. The molecule has 1 N–H and O–H groups in total. The van der Waals surface area contributed by atoms with Gasteiger partial charge in [0.15, 0.2) is 5.92 Å². The Labute approximate surface area is 156 Å². The van der Waals surface area contributed by atoms with Gasteiger partial charge in [-0.15, -0.1) is 0 Å². The van der Waals surface area contributed by atoms with Crippen LogP contribution in [0, 0.1) is 34.4 Å². The van der Waals surface area contributed by atoms with Crippen molar-refractivity contribution in [3.8, 4) is 12.1 Å².